The number of anilines is 1. The van der Waals surface area contributed by atoms with Crippen LogP contribution in [-0.4, -0.2) is 28.2 Å². The zero-order chi connectivity index (χ0) is 21.6. The third-order valence-corrected chi connectivity index (χ3v) is 6.18. The number of hydrogen-bond acceptors (Lipinski definition) is 6. The maximum Gasteiger partial charge on any atom is 0.249 e. The number of fused-ring (bicyclic) bond motifs is 1. The van der Waals surface area contributed by atoms with Gasteiger partial charge in [-0.1, -0.05) is 6.07 Å². The molecule has 0 radical (unpaired) electrons. The second kappa shape index (κ2) is 9.41. The van der Waals surface area contributed by atoms with Crippen molar-refractivity contribution in [3.8, 4) is 6.07 Å². The molecule has 156 valence electrons. The summed E-state index contributed by atoms with van der Waals surface area (Å²) in [6.45, 7) is 1.02. The van der Waals surface area contributed by atoms with E-state index in [-0.39, 0.29) is 11.8 Å². The fourth-order valence-corrected chi connectivity index (χ4v) is 4.69. The summed E-state index contributed by atoms with van der Waals surface area (Å²) >= 11 is 1.36. The van der Waals surface area contributed by atoms with Crippen molar-refractivity contribution >= 4 is 34.2 Å². The lowest BCUT2D eigenvalue weighted by Gasteiger charge is -2.27. The molecule has 8 heteroatoms. The van der Waals surface area contributed by atoms with Crippen LogP contribution < -0.4 is 5.32 Å². The van der Waals surface area contributed by atoms with Crippen molar-refractivity contribution in [2.24, 2.45) is 0 Å². The van der Waals surface area contributed by atoms with Gasteiger partial charge in [0.2, 0.25) is 11.8 Å². The number of carbonyl (C=O) groups excluding carboxylic acids is 2. The zero-order valence-electron chi connectivity index (χ0n) is 16.7. The van der Waals surface area contributed by atoms with Crippen LogP contribution in [0.4, 0.5) is 5.00 Å². The Balaban J connectivity index is 1.41. The number of thiophene rings is 1. The standard InChI is InChI=1S/C23H20N4O3S/c24-13-19-18-9-11-27(22(29)8-5-16-3-1-10-25-14-16)15-20(18)31-23(19)26-21(28)7-6-17-4-2-12-30-17/h1-4,6-7,10,12,14H,5,8-9,11,15H2,(H,26,28)/b7-6+. The van der Waals surface area contributed by atoms with Gasteiger partial charge in [0, 0.05) is 36.3 Å². The summed E-state index contributed by atoms with van der Waals surface area (Å²) in [7, 11) is 0. The van der Waals surface area contributed by atoms with Crippen LogP contribution in [0.1, 0.15) is 33.7 Å². The number of nitrogens with one attached hydrogen (secondary N) is 1. The monoisotopic (exact) mass is 432 g/mol. The van der Waals surface area contributed by atoms with Gasteiger partial charge in [-0.2, -0.15) is 5.26 Å². The first-order valence-corrected chi connectivity index (χ1v) is 10.7. The molecule has 1 aliphatic rings. The lowest BCUT2D eigenvalue weighted by molar-refractivity contribution is -0.132. The number of hydrogen-bond donors (Lipinski definition) is 1. The normalized spacial score (nSPS) is 13.1. The number of rotatable bonds is 6. The molecule has 0 saturated heterocycles. The molecular weight excluding hydrogens is 412 g/mol. The summed E-state index contributed by atoms with van der Waals surface area (Å²) in [4.78, 5) is 31.8. The molecule has 0 aliphatic carbocycles. The molecule has 0 atom stereocenters. The molecule has 1 aliphatic heterocycles. The highest BCUT2D eigenvalue weighted by Crippen LogP contribution is 2.36. The number of aromatic nitrogens is 1. The van der Waals surface area contributed by atoms with Crippen molar-refractivity contribution in [2.45, 2.75) is 25.8 Å². The van der Waals surface area contributed by atoms with E-state index in [1.165, 1.54) is 23.7 Å². The summed E-state index contributed by atoms with van der Waals surface area (Å²) in [5, 5.41) is 12.9. The Bertz CT molecular complexity index is 1140. The van der Waals surface area contributed by atoms with E-state index in [0.717, 1.165) is 16.0 Å². The Kier molecular flexibility index (Phi) is 6.24. The average molecular weight is 433 g/mol. The molecule has 7 nitrogen and oxygen atoms in total. The molecule has 4 heterocycles. The van der Waals surface area contributed by atoms with Gasteiger partial charge in [-0.25, -0.2) is 0 Å². The summed E-state index contributed by atoms with van der Waals surface area (Å²) in [5.41, 5.74) is 2.44. The van der Waals surface area contributed by atoms with Gasteiger partial charge in [0.15, 0.2) is 0 Å². The molecule has 3 aromatic heterocycles. The Morgan fingerprint density at radius 3 is 3.00 bits per heavy atom. The average Bonchev–Trinajstić information content (AvgIpc) is 3.43. The minimum Gasteiger partial charge on any atom is -0.465 e. The fourth-order valence-electron chi connectivity index (χ4n) is 3.48. The SMILES string of the molecule is N#Cc1c(NC(=O)/C=C/c2ccco2)sc2c1CCN(C(=O)CCc1cccnc1)C2. The van der Waals surface area contributed by atoms with Crippen molar-refractivity contribution < 1.29 is 14.0 Å². The number of furan rings is 1. The van der Waals surface area contributed by atoms with Crippen LogP contribution in [0.3, 0.4) is 0 Å². The highest BCUT2D eigenvalue weighted by Gasteiger charge is 2.27. The Labute approximate surface area is 183 Å². The molecule has 1 N–H and O–H groups in total. The predicted octanol–water partition coefficient (Wildman–Crippen LogP) is 3.78. The Morgan fingerprint density at radius 1 is 1.35 bits per heavy atom. The van der Waals surface area contributed by atoms with Crippen molar-refractivity contribution in [1.29, 1.82) is 5.26 Å². The lowest BCUT2D eigenvalue weighted by Crippen LogP contribution is -2.35. The largest absolute Gasteiger partial charge is 0.465 e. The van der Waals surface area contributed by atoms with Crippen LogP contribution in [0.5, 0.6) is 0 Å². The highest BCUT2D eigenvalue weighted by atomic mass is 32.1. The number of aryl methyl sites for hydroxylation is 1. The minimum absolute atomic E-state index is 0.0772. The number of nitriles is 1. The van der Waals surface area contributed by atoms with E-state index in [9.17, 15) is 14.9 Å². The maximum atomic E-state index is 12.7. The molecule has 0 fully saturated rings. The second-order valence-corrected chi connectivity index (χ2v) is 8.19. The van der Waals surface area contributed by atoms with Gasteiger partial charge < -0.3 is 14.6 Å². The Morgan fingerprint density at radius 2 is 2.26 bits per heavy atom. The highest BCUT2D eigenvalue weighted by molar-refractivity contribution is 7.16. The topological polar surface area (TPSA) is 99.2 Å². The second-order valence-electron chi connectivity index (χ2n) is 7.08. The summed E-state index contributed by atoms with van der Waals surface area (Å²) < 4.78 is 5.17. The molecule has 0 bridgehead atoms. The van der Waals surface area contributed by atoms with E-state index < -0.39 is 0 Å². The van der Waals surface area contributed by atoms with Crippen molar-refractivity contribution in [2.75, 3.05) is 11.9 Å². The van der Waals surface area contributed by atoms with Gasteiger partial charge in [0.25, 0.3) is 0 Å². The quantitative estimate of drug-likeness (QED) is 0.598. The molecule has 31 heavy (non-hydrogen) atoms. The van der Waals surface area contributed by atoms with Gasteiger partial charge in [0.1, 0.15) is 16.8 Å². The van der Waals surface area contributed by atoms with Crippen LogP contribution in [0.2, 0.25) is 0 Å². The molecule has 0 aromatic carbocycles. The number of nitrogens with zero attached hydrogens (tertiary/aromatic N) is 3. The molecule has 4 rings (SSSR count). The first-order valence-electron chi connectivity index (χ1n) is 9.88. The van der Waals surface area contributed by atoms with Crippen LogP contribution in [0.25, 0.3) is 6.08 Å². The van der Waals surface area contributed by atoms with E-state index in [1.807, 2.05) is 17.0 Å². The smallest absolute Gasteiger partial charge is 0.249 e. The number of pyridine rings is 1. The van der Waals surface area contributed by atoms with E-state index in [0.29, 0.717) is 48.7 Å². The number of amides is 2. The van der Waals surface area contributed by atoms with Gasteiger partial charge in [-0.3, -0.25) is 14.6 Å². The molecule has 0 spiro atoms. The van der Waals surface area contributed by atoms with Crippen LogP contribution in [0.15, 0.2) is 53.4 Å². The third kappa shape index (κ3) is 4.90. The van der Waals surface area contributed by atoms with Gasteiger partial charge in [-0.15, -0.1) is 11.3 Å². The molecule has 3 aromatic rings. The van der Waals surface area contributed by atoms with Crippen molar-refractivity contribution in [1.82, 2.24) is 9.88 Å². The third-order valence-electron chi connectivity index (χ3n) is 5.05. The van der Waals surface area contributed by atoms with Crippen molar-refractivity contribution in [3.05, 3.63) is 76.3 Å². The predicted molar refractivity (Wildman–Crippen MR) is 117 cm³/mol. The molecular formula is C23H20N4O3S. The van der Waals surface area contributed by atoms with Crippen molar-refractivity contribution in [3.63, 3.8) is 0 Å². The van der Waals surface area contributed by atoms with Gasteiger partial charge >= 0.3 is 0 Å². The van der Waals surface area contributed by atoms with Crippen LogP contribution >= 0.6 is 11.3 Å². The molecule has 0 saturated carbocycles. The molecule has 0 unspecified atom stereocenters. The summed E-state index contributed by atoms with van der Waals surface area (Å²) in [6, 6.07) is 9.52. The first kappa shape index (κ1) is 20.6. The van der Waals surface area contributed by atoms with Crippen LogP contribution in [0, 0.1) is 11.3 Å². The van der Waals surface area contributed by atoms with Gasteiger partial charge in [0.05, 0.1) is 18.4 Å². The Hall–Kier alpha value is -3.70. The van der Waals surface area contributed by atoms with Gasteiger partial charge in [-0.05, 0) is 48.2 Å². The number of carbonyl (C=O) groups is 2. The first-order chi connectivity index (χ1) is 15.1. The zero-order valence-corrected chi connectivity index (χ0v) is 17.5. The summed E-state index contributed by atoms with van der Waals surface area (Å²) in [6.07, 6.45) is 9.62. The van der Waals surface area contributed by atoms with Crippen LogP contribution in [-0.2, 0) is 29.0 Å². The fraction of sp³-hybridized carbons (Fsp3) is 0.217. The molecule has 2 amide bonds. The lowest BCUT2D eigenvalue weighted by atomic mass is 10.0. The van der Waals surface area contributed by atoms with E-state index in [1.54, 1.807) is 30.6 Å². The van der Waals surface area contributed by atoms with E-state index in [2.05, 4.69) is 16.4 Å². The van der Waals surface area contributed by atoms with E-state index in [4.69, 9.17) is 4.42 Å². The maximum absolute atomic E-state index is 12.7. The summed E-state index contributed by atoms with van der Waals surface area (Å²) in [5.74, 6) is 0.311. The van der Waals surface area contributed by atoms with E-state index >= 15 is 0 Å². The minimum atomic E-state index is -0.337.